The molecule has 160 valence electrons. The van der Waals surface area contributed by atoms with Crippen molar-refractivity contribution < 1.29 is 19.1 Å². The fraction of sp³-hybridized carbons (Fsp3) is 0.913. The van der Waals surface area contributed by atoms with Gasteiger partial charge in [-0.05, 0) is 36.5 Å². The van der Waals surface area contributed by atoms with Gasteiger partial charge in [0.2, 0.25) is 0 Å². The Morgan fingerprint density at radius 3 is 1.67 bits per heavy atom. The zero-order chi connectivity index (χ0) is 20.7. The van der Waals surface area contributed by atoms with Crippen molar-refractivity contribution in [3.63, 3.8) is 0 Å². The van der Waals surface area contributed by atoms with Crippen LogP contribution in [0.1, 0.15) is 99.3 Å². The van der Waals surface area contributed by atoms with E-state index in [1.165, 1.54) is 19.3 Å². The van der Waals surface area contributed by atoms with Gasteiger partial charge in [-0.1, -0.05) is 73.6 Å². The smallest absolute Gasteiger partial charge is 0.306 e. The van der Waals surface area contributed by atoms with Crippen molar-refractivity contribution in [1.82, 2.24) is 0 Å². The molecule has 0 heterocycles. The second-order valence-electron chi connectivity index (χ2n) is 9.02. The molecule has 0 amide bonds. The number of hydrogen-bond donors (Lipinski definition) is 0. The Labute approximate surface area is 167 Å². The van der Waals surface area contributed by atoms with Crippen molar-refractivity contribution in [3.8, 4) is 0 Å². The molecule has 27 heavy (non-hydrogen) atoms. The van der Waals surface area contributed by atoms with Crippen LogP contribution in [0.5, 0.6) is 0 Å². The minimum atomic E-state index is -0.0622. The molecule has 0 saturated heterocycles. The summed E-state index contributed by atoms with van der Waals surface area (Å²) in [6.07, 6.45) is 8.92. The van der Waals surface area contributed by atoms with Crippen molar-refractivity contribution in [1.29, 1.82) is 0 Å². The van der Waals surface area contributed by atoms with Gasteiger partial charge in [0.05, 0.1) is 13.2 Å². The Morgan fingerprint density at radius 1 is 0.667 bits per heavy atom. The highest BCUT2D eigenvalue weighted by molar-refractivity contribution is 5.69. The first-order valence-electron chi connectivity index (χ1n) is 11.0. The van der Waals surface area contributed by atoms with Crippen LogP contribution in [0.3, 0.4) is 0 Å². The zero-order valence-corrected chi connectivity index (χ0v) is 18.7. The van der Waals surface area contributed by atoms with Gasteiger partial charge in [0, 0.05) is 12.8 Å². The molecular weight excluding hydrogens is 340 g/mol. The molecule has 0 aliphatic rings. The predicted molar refractivity (Wildman–Crippen MR) is 111 cm³/mol. The van der Waals surface area contributed by atoms with Gasteiger partial charge in [0.15, 0.2) is 0 Å². The summed E-state index contributed by atoms with van der Waals surface area (Å²) in [7, 11) is 0. The number of carbonyl (C=O) groups is 2. The zero-order valence-electron chi connectivity index (χ0n) is 18.7. The van der Waals surface area contributed by atoms with Gasteiger partial charge in [-0.15, -0.1) is 0 Å². The van der Waals surface area contributed by atoms with Crippen LogP contribution in [0, 0.1) is 23.7 Å². The summed E-state index contributed by atoms with van der Waals surface area (Å²) in [4.78, 5) is 23.5. The second kappa shape index (κ2) is 15.9. The van der Waals surface area contributed by atoms with Gasteiger partial charge in [-0.2, -0.15) is 0 Å². The van der Waals surface area contributed by atoms with Crippen LogP contribution in [0.15, 0.2) is 0 Å². The first kappa shape index (κ1) is 25.9. The van der Waals surface area contributed by atoms with Crippen molar-refractivity contribution in [2.45, 2.75) is 99.3 Å². The van der Waals surface area contributed by atoms with Crippen LogP contribution in [-0.2, 0) is 19.1 Å². The summed E-state index contributed by atoms with van der Waals surface area (Å²) in [6, 6.07) is 0. The molecule has 0 bridgehead atoms. The summed E-state index contributed by atoms with van der Waals surface area (Å²) < 4.78 is 10.5. The van der Waals surface area contributed by atoms with Gasteiger partial charge in [0.25, 0.3) is 0 Å². The molecule has 0 aromatic rings. The molecule has 4 heteroatoms. The number of ether oxygens (including phenoxy) is 2. The molecule has 1 atom stereocenters. The summed E-state index contributed by atoms with van der Waals surface area (Å²) >= 11 is 0. The molecule has 0 radical (unpaired) electrons. The fourth-order valence-electron chi connectivity index (χ4n) is 2.92. The SMILES string of the molecule is CC(C)COC(=O)CCCCCCCCC(CC(=O)OCC(C)C)C(C)C. The molecule has 0 fully saturated rings. The lowest BCUT2D eigenvalue weighted by Gasteiger charge is -2.20. The third-order valence-corrected chi connectivity index (χ3v) is 4.73. The average molecular weight is 385 g/mol. The van der Waals surface area contributed by atoms with Crippen LogP contribution in [0.2, 0.25) is 0 Å². The molecular formula is C23H44O4. The number of carbonyl (C=O) groups excluding carboxylic acids is 2. The summed E-state index contributed by atoms with van der Waals surface area (Å²) in [6.45, 7) is 13.6. The molecule has 1 unspecified atom stereocenters. The van der Waals surface area contributed by atoms with Gasteiger partial charge >= 0.3 is 11.9 Å². The Kier molecular flexibility index (Phi) is 15.3. The summed E-state index contributed by atoms with van der Waals surface area (Å²) in [5, 5.41) is 0. The predicted octanol–water partition coefficient (Wildman–Crippen LogP) is 6.17. The first-order chi connectivity index (χ1) is 12.7. The van der Waals surface area contributed by atoms with Gasteiger partial charge in [-0.3, -0.25) is 9.59 Å². The second-order valence-corrected chi connectivity index (χ2v) is 9.02. The van der Waals surface area contributed by atoms with E-state index in [0.717, 1.165) is 25.7 Å². The minimum absolute atomic E-state index is 0.0493. The van der Waals surface area contributed by atoms with Gasteiger partial charge in [-0.25, -0.2) is 0 Å². The molecule has 0 N–H and O–H groups in total. The Morgan fingerprint density at radius 2 is 1.15 bits per heavy atom. The standard InChI is InChI=1S/C23H44O4/c1-18(2)16-26-22(24)14-12-10-8-7-9-11-13-21(20(5)6)15-23(25)27-17-19(3)4/h18-21H,7-17H2,1-6H3. The van der Waals surface area contributed by atoms with Crippen LogP contribution >= 0.6 is 0 Å². The van der Waals surface area contributed by atoms with E-state index in [2.05, 4.69) is 27.7 Å². The number of unbranched alkanes of at least 4 members (excludes halogenated alkanes) is 5. The molecule has 0 aliphatic carbocycles. The van der Waals surface area contributed by atoms with E-state index < -0.39 is 0 Å². The van der Waals surface area contributed by atoms with Crippen LogP contribution in [0.4, 0.5) is 0 Å². The van der Waals surface area contributed by atoms with E-state index in [1.54, 1.807) is 0 Å². The molecule has 4 nitrogen and oxygen atoms in total. The molecule has 0 aliphatic heterocycles. The van der Waals surface area contributed by atoms with E-state index in [4.69, 9.17) is 9.47 Å². The minimum Gasteiger partial charge on any atom is -0.465 e. The monoisotopic (exact) mass is 384 g/mol. The lowest BCUT2D eigenvalue weighted by atomic mass is 9.87. The maximum absolute atomic E-state index is 11.9. The fourth-order valence-corrected chi connectivity index (χ4v) is 2.92. The number of hydrogen-bond acceptors (Lipinski definition) is 4. The molecule has 0 saturated carbocycles. The van der Waals surface area contributed by atoms with Gasteiger partial charge < -0.3 is 9.47 Å². The maximum Gasteiger partial charge on any atom is 0.306 e. The number of rotatable bonds is 16. The Hall–Kier alpha value is -1.06. The Balaban J connectivity index is 3.72. The highest BCUT2D eigenvalue weighted by Crippen LogP contribution is 2.23. The molecule has 0 spiro atoms. The highest BCUT2D eigenvalue weighted by Gasteiger charge is 2.18. The van der Waals surface area contributed by atoms with Crippen molar-refractivity contribution in [3.05, 3.63) is 0 Å². The van der Waals surface area contributed by atoms with Gasteiger partial charge in [0.1, 0.15) is 0 Å². The lowest BCUT2D eigenvalue weighted by Crippen LogP contribution is -2.18. The van der Waals surface area contributed by atoms with E-state index in [0.29, 0.717) is 49.7 Å². The topological polar surface area (TPSA) is 52.6 Å². The van der Waals surface area contributed by atoms with E-state index in [-0.39, 0.29) is 11.9 Å². The molecule has 0 rings (SSSR count). The summed E-state index contributed by atoms with van der Waals surface area (Å²) in [5.74, 6) is 1.61. The first-order valence-corrected chi connectivity index (χ1v) is 11.0. The van der Waals surface area contributed by atoms with E-state index in [1.807, 2.05) is 13.8 Å². The van der Waals surface area contributed by atoms with Crippen LogP contribution in [-0.4, -0.2) is 25.2 Å². The van der Waals surface area contributed by atoms with Crippen molar-refractivity contribution >= 4 is 11.9 Å². The lowest BCUT2D eigenvalue weighted by molar-refractivity contribution is -0.146. The molecule has 0 aromatic heterocycles. The van der Waals surface area contributed by atoms with E-state index in [9.17, 15) is 9.59 Å². The van der Waals surface area contributed by atoms with E-state index >= 15 is 0 Å². The van der Waals surface area contributed by atoms with Crippen molar-refractivity contribution in [2.24, 2.45) is 23.7 Å². The summed E-state index contributed by atoms with van der Waals surface area (Å²) in [5.41, 5.74) is 0. The van der Waals surface area contributed by atoms with Crippen LogP contribution < -0.4 is 0 Å². The normalized spacial score (nSPS) is 12.6. The largest absolute Gasteiger partial charge is 0.465 e. The quantitative estimate of drug-likeness (QED) is 0.236. The average Bonchev–Trinajstić information content (AvgIpc) is 2.59. The third kappa shape index (κ3) is 16.8. The van der Waals surface area contributed by atoms with Crippen molar-refractivity contribution in [2.75, 3.05) is 13.2 Å². The highest BCUT2D eigenvalue weighted by atomic mass is 16.5. The number of esters is 2. The van der Waals surface area contributed by atoms with Crippen LogP contribution in [0.25, 0.3) is 0 Å². The Bertz CT molecular complexity index is 388. The maximum atomic E-state index is 11.9. The molecule has 0 aromatic carbocycles. The third-order valence-electron chi connectivity index (χ3n) is 4.73.